The van der Waals surface area contributed by atoms with Crippen LogP contribution in [0.3, 0.4) is 0 Å². The third-order valence-electron chi connectivity index (χ3n) is 13.5. The number of benzene rings is 3. The van der Waals surface area contributed by atoms with Crippen LogP contribution in [0.5, 0.6) is 5.75 Å². The Morgan fingerprint density at radius 3 is 2.33 bits per heavy atom. The summed E-state index contributed by atoms with van der Waals surface area (Å²) in [5.74, 6) is 1.57. The van der Waals surface area contributed by atoms with Crippen molar-refractivity contribution in [2.45, 2.75) is 94.8 Å². The standard InChI is InChI=1S/C48H54O3/c49-43-25-22-36(23-26-43)44-27-34-19-20-37-21-24-42-31-40-29-38-16-7-8-17-39(38)30-41(40)32-48(42,46(37)28-34)45(47(50)51)18-10-9-15-35(44)14-4-2-1-3-11-33-12-5-6-13-33/h5,7-10,12,16-17,19-26,28-30,33,35,40-42,44-45,49H,1-4,6,11,13-15,18,27,31-32H2,(H,50,51). The molecule has 3 aromatic rings. The number of phenols is 1. The lowest BCUT2D eigenvalue weighted by Crippen LogP contribution is -2.53. The Labute approximate surface area is 304 Å². The fourth-order valence-electron chi connectivity index (χ4n) is 10.8. The van der Waals surface area contributed by atoms with Crippen molar-refractivity contribution in [2.24, 2.45) is 35.5 Å². The second-order valence-electron chi connectivity index (χ2n) is 16.4. The molecule has 0 amide bonds. The van der Waals surface area contributed by atoms with Gasteiger partial charge in [0, 0.05) is 5.41 Å². The molecule has 1 spiro atoms. The summed E-state index contributed by atoms with van der Waals surface area (Å²) in [6, 6.07) is 23.6. The van der Waals surface area contributed by atoms with E-state index in [9.17, 15) is 15.0 Å². The van der Waals surface area contributed by atoms with E-state index in [4.69, 9.17) is 0 Å². The van der Waals surface area contributed by atoms with E-state index in [0.29, 0.717) is 35.8 Å². The summed E-state index contributed by atoms with van der Waals surface area (Å²) in [6.45, 7) is 0. The summed E-state index contributed by atoms with van der Waals surface area (Å²) in [7, 11) is 0. The molecule has 0 aromatic heterocycles. The highest BCUT2D eigenvalue weighted by atomic mass is 16.4. The largest absolute Gasteiger partial charge is 0.508 e. The number of allylic oxidation sites excluding steroid dienone is 5. The maximum absolute atomic E-state index is 13.5. The number of carbonyl (C=O) groups is 1. The van der Waals surface area contributed by atoms with Gasteiger partial charge in [-0.2, -0.15) is 0 Å². The van der Waals surface area contributed by atoms with Gasteiger partial charge in [0.25, 0.3) is 0 Å². The predicted octanol–water partition coefficient (Wildman–Crippen LogP) is 9.87. The zero-order valence-corrected chi connectivity index (χ0v) is 30.0. The van der Waals surface area contributed by atoms with Crippen molar-refractivity contribution >= 4 is 24.2 Å². The molecule has 51 heavy (non-hydrogen) atoms. The minimum atomic E-state index is -0.668. The lowest BCUT2D eigenvalue weighted by atomic mass is 9.49. The van der Waals surface area contributed by atoms with Gasteiger partial charge < -0.3 is 10.2 Å². The molecular weight excluding hydrogens is 625 g/mol. The molecule has 0 aliphatic heterocycles. The van der Waals surface area contributed by atoms with Crippen LogP contribution in [0.4, 0.5) is 0 Å². The summed E-state index contributed by atoms with van der Waals surface area (Å²) < 4.78 is 0. The van der Waals surface area contributed by atoms with Gasteiger partial charge >= 0.3 is 5.97 Å². The first-order valence-electron chi connectivity index (χ1n) is 19.9. The van der Waals surface area contributed by atoms with Gasteiger partial charge in [-0.1, -0.05) is 129 Å². The Morgan fingerprint density at radius 1 is 0.804 bits per heavy atom. The molecule has 0 heterocycles. The highest BCUT2D eigenvalue weighted by Gasteiger charge is 2.55. The first-order valence-corrected chi connectivity index (χ1v) is 19.9. The minimum Gasteiger partial charge on any atom is -0.508 e. The zero-order chi connectivity index (χ0) is 34.8. The molecule has 2 bridgehead atoms. The maximum atomic E-state index is 13.5. The summed E-state index contributed by atoms with van der Waals surface area (Å²) in [5.41, 5.74) is 4.55. The van der Waals surface area contributed by atoms with Crippen molar-refractivity contribution in [3.63, 3.8) is 0 Å². The zero-order valence-electron chi connectivity index (χ0n) is 30.0. The number of hydrogen-bond acceptors (Lipinski definition) is 2. The van der Waals surface area contributed by atoms with Crippen molar-refractivity contribution in [1.82, 2.24) is 0 Å². The van der Waals surface area contributed by atoms with Gasteiger partial charge in [-0.3, -0.25) is 4.79 Å². The fraction of sp³-hybridized carbons (Fsp3) is 0.438. The molecule has 3 aromatic carbocycles. The quantitative estimate of drug-likeness (QED) is 0.175. The van der Waals surface area contributed by atoms with E-state index in [0.717, 1.165) is 38.0 Å². The van der Waals surface area contributed by atoms with E-state index >= 15 is 0 Å². The molecule has 2 N–H and O–H groups in total. The van der Waals surface area contributed by atoms with Gasteiger partial charge in [0.2, 0.25) is 0 Å². The van der Waals surface area contributed by atoms with Gasteiger partial charge in [-0.15, -0.1) is 0 Å². The molecule has 5 aliphatic rings. The summed E-state index contributed by atoms with van der Waals surface area (Å²) in [4.78, 5) is 13.5. The van der Waals surface area contributed by atoms with Crippen LogP contribution in [0.1, 0.15) is 105 Å². The number of carboxylic acids is 1. The Morgan fingerprint density at radius 2 is 1.57 bits per heavy atom. The van der Waals surface area contributed by atoms with Crippen LogP contribution in [0, 0.1) is 35.5 Å². The number of carboxylic acid groups (broad SMARTS) is 1. The topological polar surface area (TPSA) is 57.5 Å². The second kappa shape index (κ2) is 14.9. The van der Waals surface area contributed by atoms with Crippen molar-refractivity contribution in [2.75, 3.05) is 0 Å². The number of aromatic hydroxyl groups is 1. The molecule has 8 rings (SSSR count). The van der Waals surface area contributed by atoms with Crippen LogP contribution < -0.4 is 10.4 Å². The molecule has 0 radical (unpaired) electrons. The predicted molar refractivity (Wildman–Crippen MR) is 209 cm³/mol. The van der Waals surface area contributed by atoms with Crippen LogP contribution in [0.25, 0.3) is 18.2 Å². The van der Waals surface area contributed by atoms with Gasteiger partial charge in [-0.05, 0) is 138 Å². The summed E-state index contributed by atoms with van der Waals surface area (Å²) in [5, 5.41) is 23.9. The minimum absolute atomic E-state index is 0.166. The monoisotopic (exact) mass is 678 g/mol. The van der Waals surface area contributed by atoms with Gasteiger partial charge in [0.15, 0.2) is 0 Å². The fourth-order valence-corrected chi connectivity index (χ4v) is 10.8. The van der Waals surface area contributed by atoms with Crippen LogP contribution in [-0.2, 0) is 16.6 Å². The van der Waals surface area contributed by atoms with E-state index in [2.05, 4.69) is 103 Å². The third-order valence-corrected chi connectivity index (χ3v) is 13.5. The SMILES string of the molecule is O=C(O)C1CC=CCC(CCCCCCC2C=CCC2)C(c2ccc(O)cc2)Cc2ccc3c(c2)C12CC1C=c4ccccc4=CC1CC2C=C3. The lowest BCUT2D eigenvalue weighted by Gasteiger charge is -2.54. The Kier molecular flexibility index (Phi) is 9.91. The normalized spacial score (nSPS) is 30.5. The first-order chi connectivity index (χ1) is 25.0. The van der Waals surface area contributed by atoms with Gasteiger partial charge in [0.05, 0.1) is 5.92 Å². The Balaban J connectivity index is 1.13. The molecule has 0 saturated heterocycles. The van der Waals surface area contributed by atoms with Gasteiger partial charge in [0.1, 0.15) is 5.75 Å². The van der Waals surface area contributed by atoms with E-state index in [1.54, 1.807) is 0 Å². The Hall–Kier alpha value is -4.11. The van der Waals surface area contributed by atoms with Crippen molar-refractivity contribution in [1.29, 1.82) is 0 Å². The van der Waals surface area contributed by atoms with E-state index in [1.807, 2.05) is 12.1 Å². The smallest absolute Gasteiger partial charge is 0.307 e. The molecule has 1 fully saturated rings. The number of phenolic OH excluding ortho intramolecular Hbond substituents is 1. The van der Waals surface area contributed by atoms with E-state index in [1.165, 1.54) is 77.6 Å². The number of hydrogen-bond donors (Lipinski definition) is 2. The molecule has 3 heteroatoms. The third kappa shape index (κ3) is 6.94. The summed E-state index contributed by atoms with van der Waals surface area (Å²) in [6.07, 6.45) is 33.2. The van der Waals surface area contributed by atoms with Crippen LogP contribution in [-0.4, -0.2) is 16.2 Å². The average Bonchev–Trinajstić information content (AvgIpc) is 3.66. The van der Waals surface area contributed by atoms with E-state index in [-0.39, 0.29) is 5.92 Å². The molecule has 3 nitrogen and oxygen atoms in total. The lowest BCUT2D eigenvalue weighted by molar-refractivity contribution is -0.146. The number of unbranched alkanes of at least 4 members (excludes halogenated alkanes) is 3. The molecule has 8 unspecified atom stereocenters. The first kappa shape index (κ1) is 34.0. The highest BCUT2D eigenvalue weighted by Crippen LogP contribution is 2.58. The Bertz CT molecular complexity index is 1930. The van der Waals surface area contributed by atoms with Crippen LogP contribution in [0.2, 0.25) is 0 Å². The van der Waals surface area contributed by atoms with Crippen molar-refractivity contribution in [3.8, 4) is 5.75 Å². The number of fused-ring (bicyclic) bond motifs is 3. The molecule has 264 valence electrons. The maximum Gasteiger partial charge on any atom is 0.307 e. The molecular formula is C48H54O3. The van der Waals surface area contributed by atoms with Crippen LogP contribution >= 0.6 is 0 Å². The second-order valence-corrected chi connectivity index (χ2v) is 16.4. The van der Waals surface area contributed by atoms with E-state index < -0.39 is 17.3 Å². The van der Waals surface area contributed by atoms with Gasteiger partial charge in [-0.25, -0.2) is 0 Å². The number of aliphatic carboxylic acids is 1. The average molecular weight is 679 g/mol. The van der Waals surface area contributed by atoms with Crippen molar-refractivity contribution < 1.29 is 15.0 Å². The van der Waals surface area contributed by atoms with Crippen LogP contribution in [0.15, 0.2) is 97.1 Å². The molecule has 1 saturated carbocycles. The molecule has 8 atom stereocenters. The van der Waals surface area contributed by atoms with Crippen molar-refractivity contribution in [3.05, 3.63) is 130 Å². The molecule has 5 aliphatic carbocycles. The highest BCUT2D eigenvalue weighted by molar-refractivity contribution is 5.76. The number of rotatable bonds is 9. The summed E-state index contributed by atoms with van der Waals surface area (Å²) >= 11 is 0.